The van der Waals surface area contributed by atoms with Crippen molar-refractivity contribution in [2.75, 3.05) is 12.3 Å². The summed E-state index contributed by atoms with van der Waals surface area (Å²) in [6.07, 6.45) is 1.95. The molecule has 0 radical (unpaired) electrons. The molecule has 0 bridgehead atoms. The molecule has 0 amide bonds. The van der Waals surface area contributed by atoms with Crippen LogP contribution in [0.25, 0.3) is 22.4 Å². The molecule has 204 valence electrons. The second kappa shape index (κ2) is 9.84. The summed E-state index contributed by atoms with van der Waals surface area (Å²) in [5.74, 6) is 0.223. The molecule has 0 unspecified atom stereocenters. The molecule has 0 aliphatic carbocycles. The maximum Gasteiger partial charge on any atom is 0.222 e. The molecule has 1 aliphatic rings. The maximum absolute atomic E-state index is 6.93. The zero-order chi connectivity index (χ0) is 27.4. The van der Waals surface area contributed by atoms with Crippen molar-refractivity contribution < 1.29 is 13.6 Å². The van der Waals surface area contributed by atoms with Gasteiger partial charge in [0.2, 0.25) is 5.95 Å². The minimum atomic E-state index is -2.04. The number of fused-ring (bicyclic) bond motifs is 1. The predicted molar refractivity (Wildman–Crippen MR) is 157 cm³/mol. The van der Waals surface area contributed by atoms with Crippen LogP contribution in [0.4, 0.5) is 5.95 Å². The van der Waals surface area contributed by atoms with E-state index in [1.54, 1.807) is 17.7 Å². The van der Waals surface area contributed by atoms with E-state index in [4.69, 9.17) is 24.3 Å². The number of nitrogens with zero attached hydrogens (tertiary/aromatic N) is 4. The third kappa shape index (κ3) is 5.71. The first-order valence-electron chi connectivity index (χ1n) is 13.0. The van der Waals surface area contributed by atoms with E-state index in [-0.39, 0.29) is 34.5 Å². The van der Waals surface area contributed by atoms with Crippen molar-refractivity contribution in [2.45, 2.75) is 103 Å². The van der Waals surface area contributed by atoms with Crippen molar-refractivity contribution >= 4 is 45.1 Å². The summed E-state index contributed by atoms with van der Waals surface area (Å²) in [5, 5.41) is 4.28. The molecular weight excluding hydrogens is 519 g/mol. The first kappa shape index (κ1) is 28.4. The first-order valence-corrected chi connectivity index (χ1v) is 19.8. The summed E-state index contributed by atoms with van der Waals surface area (Å²) in [7, 11) is -3.99. The third-order valence-corrected chi connectivity index (χ3v) is 18.1. The lowest BCUT2D eigenvalue weighted by Crippen LogP contribution is -2.48. The van der Waals surface area contributed by atoms with E-state index in [2.05, 4.69) is 77.7 Å². The molecule has 1 saturated heterocycles. The van der Waals surface area contributed by atoms with Crippen LogP contribution >= 0.6 is 11.3 Å². The quantitative estimate of drug-likeness (QED) is 0.315. The largest absolute Gasteiger partial charge is 0.414 e. The van der Waals surface area contributed by atoms with Gasteiger partial charge in [-0.05, 0) is 47.7 Å². The van der Waals surface area contributed by atoms with E-state index < -0.39 is 16.6 Å². The van der Waals surface area contributed by atoms with Crippen LogP contribution in [0.15, 0.2) is 23.2 Å². The normalized spacial score (nSPS) is 21.7. The number of ether oxygens (including phenoxy) is 1. The molecule has 3 atom stereocenters. The number of thiophene rings is 1. The van der Waals surface area contributed by atoms with E-state index in [0.717, 1.165) is 16.8 Å². The highest BCUT2D eigenvalue weighted by molar-refractivity contribution is 7.08. The SMILES string of the molecule is CC(C)(C)[Si](C)(C)OC[C@H]1O[C@@H](n2cnc3c(-c4ccsc4)nc(N)nc32)C[C@@H]1O[Si](C)(C)C(C)(C)C. The van der Waals surface area contributed by atoms with Gasteiger partial charge in [0.25, 0.3) is 0 Å². The smallest absolute Gasteiger partial charge is 0.222 e. The van der Waals surface area contributed by atoms with Crippen molar-refractivity contribution in [2.24, 2.45) is 0 Å². The molecule has 1 fully saturated rings. The monoisotopic (exact) mass is 561 g/mol. The average Bonchev–Trinajstić information content (AvgIpc) is 3.49. The number of aromatic nitrogens is 4. The summed E-state index contributed by atoms with van der Waals surface area (Å²) in [4.78, 5) is 13.7. The highest BCUT2D eigenvalue weighted by Gasteiger charge is 2.47. The maximum atomic E-state index is 6.93. The van der Waals surface area contributed by atoms with Gasteiger partial charge in [0.1, 0.15) is 23.5 Å². The van der Waals surface area contributed by atoms with Gasteiger partial charge < -0.3 is 19.3 Å². The Labute approximate surface area is 227 Å². The van der Waals surface area contributed by atoms with E-state index in [9.17, 15) is 0 Å². The fourth-order valence-corrected chi connectivity index (χ4v) is 6.96. The van der Waals surface area contributed by atoms with E-state index in [1.165, 1.54) is 0 Å². The van der Waals surface area contributed by atoms with Crippen LogP contribution in [0.1, 0.15) is 54.2 Å². The molecule has 37 heavy (non-hydrogen) atoms. The molecule has 0 aromatic carbocycles. The van der Waals surface area contributed by atoms with Crippen molar-refractivity contribution in [1.29, 1.82) is 0 Å². The number of rotatable bonds is 7. The molecule has 0 spiro atoms. The Morgan fingerprint density at radius 1 is 1.08 bits per heavy atom. The highest BCUT2D eigenvalue weighted by atomic mass is 32.1. The number of anilines is 1. The van der Waals surface area contributed by atoms with Gasteiger partial charge in [-0.1, -0.05) is 41.5 Å². The average molecular weight is 562 g/mol. The van der Waals surface area contributed by atoms with Crippen molar-refractivity contribution in [3.05, 3.63) is 23.2 Å². The van der Waals surface area contributed by atoms with Gasteiger partial charge in [-0.15, -0.1) is 0 Å². The fourth-order valence-electron chi connectivity index (χ4n) is 3.95. The third-order valence-electron chi connectivity index (χ3n) is 8.39. The minimum absolute atomic E-state index is 0.0800. The number of hydrogen-bond donors (Lipinski definition) is 1. The van der Waals surface area contributed by atoms with Crippen molar-refractivity contribution in [3.63, 3.8) is 0 Å². The molecule has 8 nitrogen and oxygen atoms in total. The lowest BCUT2D eigenvalue weighted by molar-refractivity contribution is -0.0383. The van der Waals surface area contributed by atoms with Crippen LogP contribution in [-0.2, 0) is 13.6 Å². The van der Waals surface area contributed by atoms with Crippen molar-refractivity contribution in [1.82, 2.24) is 19.5 Å². The van der Waals surface area contributed by atoms with Crippen LogP contribution in [0.5, 0.6) is 0 Å². The zero-order valence-electron chi connectivity index (χ0n) is 24.0. The lowest BCUT2D eigenvalue weighted by atomic mass is 10.2. The summed E-state index contributed by atoms with van der Waals surface area (Å²) in [6, 6.07) is 2.02. The van der Waals surface area contributed by atoms with Gasteiger partial charge in [0, 0.05) is 17.4 Å². The van der Waals surface area contributed by atoms with E-state index in [0.29, 0.717) is 18.7 Å². The van der Waals surface area contributed by atoms with Crippen LogP contribution < -0.4 is 5.73 Å². The fraction of sp³-hybridized carbons (Fsp3) is 0.654. The van der Waals surface area contributed by atoms with Gasteiger partial charge in [-0.2, -0.15) is 16.3 Å². The highest BCUT2D eigenvalue weighted by Crippen LogP contribution is 2.43. The Balaban J connectivity index is 1.66. The van der Waals surface area contributed by atoms with Crippen LogP contribution in [0, 0.1) is 0 Å². The topological polar surface area (TPSA) is 97.3 Å². The summed E-state index contributed by atoms with van der Waals surface area (Å²) in [5.41, 5.74) is 9.27. The molecule has 3 aromatic heterocycles. The van der Waals surface area contributed by atoms with Gasteiger partial charge in [-0.3, -0.25) is 4.57 Å². The van der Waals surface area contributed by atoms with E-state index >= 15 is 0 Å². The van der Waals surface area contributed by atoms with Gasteiger partial charge in [0.15, 0.2) is 22.3 Å². The van der Waals surface area contributed by atoms with Gasteiger partial charge in [-0.25, -0.2) is 9.97 Å². The van der Waals surface area contributed by atoms with Crippen LogP contribution in [0.2, 0.25) is 36.3 Å². The molecule has 2 N–H and O–H groups in total. The molecule has 1 aliphatic heterocycles. The summed E-state index contributed by atoms with van der Waals surface area (Å²) >= 11 is 1.61. The second-order valence-electron chi connectivity index (χ2n) is 13.1. The molecule has 0 saturated carbocycles. The Morgan fingerprint density at radius 3 is 2.35 bits per heavy atom. The Hall–Kier alpha value is -1.64. The Bertz CT molecular complexity index is 1230. The first-order chi connectivity index (χ1) is 17.0. The predicted octanol–water partition coefficient (Wildman–Crippen LogP) is 6.84. The Morgan fingerprint density at radius 2 is 1.76 bits per heavy atom. The molecule has 11 heteroatoms. The number of hydrogen-bond acceptors (Lipinski definition) is 8. The molecule has 4 rings (SSSR count). The van der Waals surface area contributed by atoms with Crippen LogP contribution in [0.3, 0.4) is 0 Å². The molecule has 3 aromatic rings. The summed E-state index contributed by atoms with van der Waals surface area (Å²) < 4.78 is 22.2. The van der Waals surface area contributed by atoms with Crippen molar-refractivity contribution in [3.8, 4) is 11.3 Å². The lowest BCUT2D eigenvalue weighted by Gasteiger charge is -2.40. The second-order valence-corrected chi connectivity index (χ2v) is 23.5. The number of nitrogen functional groups attached to an aromatic ring is 1. The molecule has 4 heterocycles. The van der Waals surface area contributed by atoms with Gasteiger partial charge >= 0.3 is 0 Å². The molecular formula is C26H43N5O3SSi2. The zero-order valence-corrected chi connectivity index (χ0v) is 26.8. The van der Waals surface area contributed by atoms with Gasteiger partial charge in [0.05, 0.1) is 19.0 Å². The van der Waals surface area contributed by atoms with Crippen LogP contribution in [-0.4, -0.2) is 55.0 Å². The standard InChI is InChI=1S/C26H43N5O3SSi2/c1-25(2,3)36(7,8)32-14-19-18(34-37(9,10)26(4,5)6)13-20(33-19)31-16-28-22-21(17-11-12-35-15-17)29-24(27)30-23(22)31/h11-12,15-16,18-20H,13-14H2,1-10H3,(H2,27,29,30)/t18-,19+,20+/m0/s1. The number of nitrogens with two attached hydrogens (primary N) is 1. The minimum Gasteiger partial charge on any atom is -0.414 e. The van der Waals surface area contributed by atoms with E-state index in [1.807, 2.05) is 21.4 Å². The summed E-state index contributed by atoms with van der Waals surface area (Å²) in [6.45, 7) is 23.2. The Kier molecular flexibility index (Phi) is 7.54. The number of imidazole rings is 1.